The molecule has 0 aliphatic rings. The van der Waals surface area contributed by atoms with Crippen molar-refractivity contribution in [2.75, 3.05) is 11.9 Å². The molecule has 0 unspecified atom stereocenters. The maximum Gasteiger partial charge on any atom is 0.331 e. The number of esters is 1. The van der Waals surface area contributed by atoms with Crippen LogP contribution in [0.25, 0.3) is 6.08 Å². The van der Waals surface area contributed by atoms with Crippen LogP contribution in [-0.2, 0) is 14.3 Å². The van der Waals surface area contributed by atoms with Crippen LogP contribution in [0.15, 0.2) is 48.5 Å². The molecule has 0 atom stereocenters. The van der Waals surface area contributed by atoms with Crippen molar-refractivity contribution in [3.8, 4) is 0 Å². The lowest BCUT2D eigenvalue weighted by Crippen LogP contribution is -2.20. The smallest absolute Gasteiger partial charge is 0.331 e. The summed E-state index contributed by atoms with van der Waals surface area (Å²) in [5.74, 6) is -1.78. The van der Waals surface area contributed by atoms with Crippen molar-refractivity contribution in [3.63, 3.8) is 0 Å². The van der Waals surface area contributed by atoms with Crippen LogP contribution in [0.2, 0.25) is 10.0 Å². The first-order valence-corrected chi connectivity index (χ1v) is 7.55. The average Bonchev–Trinajstić information content (AvgIpc) is 2.55. The number of carbonyl (C=O) groups is 2. The highest BCUT2D eigenvalue weighted by atomic mass is 35.5. The van der Waals surface area contributed by atoms with Crippen molar-refractivity contribution in [1.82, 2.24) is 0 Å². The summed E-state index contributed by atoms with van der Waals surface area (Å²) in [4.78, 5) is 23.2. The Kier molecular flexibility index (Phi) is 6.35. The van der Waals surface area contributed by atoms with Crippen molar-refractivity contribution in [2.45, 2.75) is 0 Å². The Labute approximate surface area is 147 Å². The Morgan fingerprint density at radius 3 is 2.50 bits per heavy atom. The lowest BCUT2D eigenvalue weighted by atomic mass is 10.2. The Balaban J connectivity index is 1.82. The molecule has 2 aromatic carbocycles. The third-order valence-electron chi connectivity index (χ3n) is 2.83. The summed E-state index contributed by atoms with van der Waals surface area (Å²) in [6, 6.07) is 10.4. The molecule has 0 saturated carbocycles. The fourth-order valence-electron chi connectivity index (χ4n) is 1.70. The normalized spacial score (nSPS) is 10.6. The first kappa shape index (κ1) is 18.0. The van der Waals surface area contributed by atoms with Crippen LogP contribution in [0.1, 0.15) is 5.56 Å². The van der Waals surface area contributed by atoms with E-state index in [4.69, 9.17) is 27.9 Å². The highest BCUT2D eigenvalue weighted by molar-refractivity contribution is 6.33. The third kappa shape index (κ3) is 5.68. The van der Waals surface area contributed by atoms with Crippen LogP contribution < -0.4 is 5.32 Å². The number of rotatable bonds is 5. The number of hydrogen-bond donors (Lipinski definition) is 1. The highest BCUT2D eigenvalue weighted by Gasteiger charge is 2.08. The van der Waals surface area contributed by atoms with E-state index in [1.54, 1.807) is 24.3 Å². The van der Waals surface area contributed by atoms with Gasteiger partial charge >= 0.3 is 5.97 Å². The third-order valence-corrected chi connectivity index (χ3v) is 3.40. The minimum atomic E-state index is -0.676. The number of carbonyl (C=O) groups excluding carboxylic acids is 2. The van der Waals surface area contributed by atoms with Gasteiger partial charge in [0.1, 0.15) is 5.82 Å². The summed E-state index contributed by atoms with van der Waals surface area (Å²) >= 11 is 11.5. The Bertz CT molecular complexity index is 776. The number of halogens is 3. The van der Waals surface area contributed by atoms with E-state index in [0.29, 0.717) is 5.02 Å². The van der Waals surface area contributed by atoms with E-state index in [-0.39, 0.29) is 10.7 Å². The van der Waals surface area contributed by atoms with Gasteiger partial charge in [0, 0.05) is 11.1 Å². The molecule has 0 saturated heterocycles. The standard InChI is InChI=1S/C17H12Cl2FNO3/c18-12-4-1-11(2-5-12)3-8-17(23)24-10-16(22)21-15-7-6-13(20)9-14(15)19/h1-9H,10H2,(H,21,22)/b8-3+. The maximum atomic E-state index is 12.9. The summed E-state index contributed by atoms with van der Waals surface area (Å²) in [7, 11) is 0. The molecule has 0 radical (unpaired) electrons. The summed E-state index contributed by atoms with van der Waals surface area (Å²) < 4.78 is 17.7. The van der Waals surface area contributed by atoms with Crippen molar-refractivity contribution in [1.29, 1.82) is 0 Å². The van der Waals surface area contributed by atoms with E-state index in [2.05, 4.69) is 5.32 Å². The van der Waals surface area contributed by atoms with Gasteiger partial charge in [0.15, 0.2) is 6.61 Å². The fourth-order valence-corrected chi connectivity index (χ4v) is 2.04. The Morgan fingerprint density at radius 2 is 1.83 bits per heavy atom. The second-order valence-electron chi connectivity index (χ2n) is 4.66. The molecule has 2 rings (SSSR count). The monoisotopic (exact) mass is 367 g/mol. The minimum absolute atomic E-state index is 0.0531. The summed E-state index contributed by atoms with van der Waals surface area (Å²) in [6.07, 6.45) is 2.73. The number of amides is 1. The molecule has 1 amide bonds. The largest absolute Gasteiger partial charge is 0.452 e. The highest BCUT2D eigenvalue weighted by Crippen LogP contribution is 2.22. The van der Waals surface area contributed by atoms with Gasteiger partial charge in [-0.3, -0.25) is 4.79 Å². The summed E-state index contributed by atoms with van der Waals surface area (Å²) in [6.45, 7) is -0.489. The van der Waals surface area contributed by atoms with Crippen molar-refractivity contribution < 1.29 is 18.7 Å². The van der Waals surface area contributed by atoms with Crippen LogP contribution in [0.3, 0.4) is 0 Å². The molecule has 1 N–H and O–H groups in total. The molecule has 0 fully saturated rings. The van der Waals surface area contributed by atoms with Gasteiger partial charge < -0.3 is 10.1 Å². The molecule has 2 aromatic rings. The maximum absolute atomic E-state index is 12.9. The molecular formula is C17H12Cl2FNO3. The zero-order chi connectivity index (χ0) is 17.5. The molecule has 0 heterocycles. The lowest BCUT2D eigenvalue weighted by molar-refractivity contribution is -0.142. The molecule has 24 heavy (non-hydrogen) atoms. The van der Waals surface area contributed by atoms with Gasteiger partial charge in [-0.1, -0.05) is 35.3 Å². The van der Waals surface area contributed by atoms with Crippen LogP contribution in [-0.4, -0.2) is 18.5 Å². The van der Waals surface area contributed by atoms with Gasteiger partial charge in [0.25, 0.3) is 5.91 Å². The van der Waals surface area contributed by atoms with Crippen LogP contribution in [0.5, 0.6) is 0 Å². The molecule has 0 aliphatic carbocycles. The average molecular weight is 368 g/mol. The molecule has 0 aromatic heterocycles. The molecule has 4 nitrogen and oxygen atoms in total. The molecule has 0 spiro atoms. The van der Waals surface area contributed by atoms with Crippen LogP contribution in [0.4, 0.5) is 10.1 Å². The van der Waals surface area contributed by atoms with Gasteiger partial charge in [0.2, 0.25) is 0 Å². The van der Waals surface area contributed by atoms with Gasteiger partial charge in [-0.2, -0.15) is 0 Å². The van der Waals surface area contributed by atoms with Crippen LogP contribution in [0, 0.1) is 5.82 Å². The molecule has 7 heteroatoms. The van der Waals surface area contributed by atoms with Gasteiger partial charge in [-0.05, 0) is 42.0 Å². The minimum Gasteiger partial charge on any atom is -0.452 e. The number of hydrogen-bond acceptors (Lipinski definition) is 3. The predicted molar refractivity (Wildman–Crippen MR) is 91.5 cm³/mol. The Morgan fingerprint density at radius 1 is 1.12 bits per heavy atom. The van der Waals surface area contributed by atoms with E-state index >= 15 is 0 Å². The summed E-state index contributed by atoms with van der Waals surface area (Å²) in [5.41, 5.74) is 0.995. The fraction of sp³-hybridized carbons (Fsp3) is 0.0588. The first-order valence-electron chi connectivity index (χ1n) is 6.79. The second kappa shape index (κ2) is 8.47. The quantitative estimate of drug-likeness (QED) is 0.632. The topological polar surface area (TPSA) is 55.4 Å². The number of nitrogens with one attached hydrogen (secondary N) is 1. The molecule has 0 bridgehead atoms. The van der Waals surface area contributed by atoms with Crippen molar-refractivity contribution >= 4 is 46.8 Å². The number of benzene rings is 2. The molecular weight excluding hydrogens is 356 g/mol. The van der Waals surface area contributed by atoms with Gasteiger partial charge in [-0.25, -0.2) is 9.18 Å². The SMILES string of the molecule is O=C(COC(=O)/C=C/c1ccc(Cl)cc1)Nc1ccc(F)cc1Cl. The number of ether oxygens (including phenoxy) is 1. The second-order valence-corrected chi connectivity index (χ2v) is 5.51. The van der Waals surface area contributed by atoms with Crippen LogP contribution >= 0.6 is 23.2 Å². The van der Waals surface area contributed by atoms with E-state index in [1.165, 1.54) is 18.2 Å². The van der Waals surface area contributed by atoms with E-state index in [9.17, 15) is 14.0 Å². The zero-order valence-electron chi connectivity index (χ0n) is 12.3. The lowest BCUT2D eigenvalue weighted by Gasteiger charge is -2.07. The predicted octanol–water partition coefficient (Wildman–Crippen LogP) is 4.33. The van der Waals surface area contributed by atoms with Crippen molar-refractivity contribution in [3.05, 3.63) is 70.0 Å². The van der Waals surface area contributed by atoms with E-state index < -0.39 is 24.3 Å². The first-order chi connectivity index (χ1) is 11.4. The summed E-state index contributed by atoms with van der Waals surface area (Å²) in [5, 5.41) is 3.06. The van der Waals surface area contributed by atoms with E-state index in [0.717, 1.165) is 17.7 Å². The van der Waals surface area contributed by atoms with Crippen molar-refractivity contribution in [2.24, 2.45) is 0 Å². The van der Waals surface area contributed by atoms with E-state index in [1.807, 2.05) is 0 Å². The Hall–Kier alpha value is -2.37. The number of anilines is 1. The van der Waals surface area contributed by atoms with Gasteiger partial charge in [0.05, 0.1) is 10.7 Å². The van der Waals surface area contributed by atoms with Gasteiger partial charge in [-0.15, -0.1) is 0 Å². The zero-order valence-corrected chi connectivity index (χ0v) is 13.8. The molecule has 0 aliphatic heterocycles. The molecule has 124 valence electrons.